The first kappa shape index (κ1) is 22.2. The second-order valence-electron chi connectivity index (χ2n) is 6.20. The summed E-state index contributed by atoms with van der Waals surface area (Å²) in [5.41, 5.74) is -2.60. The predicted octanol–water partition coefficient (Wildman–Crippen LogP) is 2.22. The average molecular weight is 415 g/mol. The SMILES string of the molecule is COc1ccc(Cn2ncc(N[C@@H](C)COCC(=O)O)c(C(F)(F)F)c2=O)cc1. The number of nitrogens with one attached hydrogen (secondary N) is 1. The minimum Gasteiger partial charge on any atom is -0.497 e. The van der Waals surface area contributed by atoms with Gasteiger partial charge >= 0.3 is 12.1 Å². The maximum Gasteiger partial charge on any atom is 0.423 e. The Balaban J connectivity index is 2.26. The minimum absolute atomic E-state index is 0.149. The highest BCUT2D eigenvalue weighted by Crippen LogP contribution is 2.32. The molecule has 2 N–H and O–H groups in total. The smallest absolute Gasteiger partial charge is 0.423 e. The van der Waals surface area contributed by atoms with Gasteiger partial charge in [-0.05, 0) is 24.6 Å². The summed E-state index contributed by atoms with van der Waals surface area (Å²) in [7, 11) is 1.48. The van der Waals surface area contributed by atoms with Crippen molar-refractivity contribution in [1.29, 1.82) is 0 Å². The summed E-state index contributed by atoms with van der Waals surface area (Å²) in [6.45, 7) is 0.590. The molecule has 0 aliphatic rings. The highest BCUT2D eigenvalue weighted by atomic mass is 19.4. The summed E-state index contributed by atoms with van der Waals surface area (Å²) in [5, 5.41) is 14.9. The summed E-state index contributed by atoms with van der Waals surface area (Å²) in [5.74, 6) is -0.625. The fourth-order valence-corrected chi connectivity index (χ4v) is 2.52. The maximum atomic E-state index is 13.5. The van der Waals surface area contributed by atoms with Gasteiger partial charge in [0.15, 0.2) is 0 Å². The molecular weight excluding hydrogens is 395 g/mol. The number of methoxy groups -OCH3 is 1. The topological polar surface area (TPSA) is 103 Å². The molecule has 1 heterocycles. The third-order valence-corrected chi connectivity index (χ3v) is 3.81. The zero-order valence-electron chi connectivity index (χ0n) is 15.7. The van der Waals surface area contributed by atoms with Crippen LogP contribution < -0.4 is 15.6 Å². The number of alkyl halides is 3. The molecule has 0 fully saturated rings. The molecular formula is C18H20F3N3O5. The number of ether oxygens (including phenoxy) is 2. The highest BCUT2D eigenvalue weighted by Gasteiger charge is 2.38. The Morgan fingerprint density at radius 3 is 2.52 bits per heavy atom. The van der Waals surface area contributed by atoms with Crippen molar-refractivity contribution in [2.75, 3.05) is 25.6 Å². The zero-order chi connectivity index (χ0) is 21.6. The van der Waals surface area contributed by atoms with E-state index >= 15 is 0 Å². The van der Waals surface area contributed by atoms with Crippen LogP contribution in [0.4, 0.5) is 18.9 Å². The lowest BCUT2D eigenvalue weighted by atomic mass is 10.2. The van der Waals surface area contributed by atoms with Crippen molar-refractivity contribution < 1.29 is 32.5 Å². The van der Waals surface area contributed by atoms with Crippen LogP contribution in [0.3, 0.4) is 0 Å². The molecule has 0 aliphatic heterocycles. The van der Waals surface area contributed by atoms with Crippen molar-refractivity contribution >= 4 is 11.7 Å². The molecule has 0 bridgehead atoms. The fourth-order valence-electron chi connectivity index (χ4n) is 2.52. The summed E-state index contributed by atoms with van der Waals surface area (Å²) < 4.78 is 51.2. The number of anilines is 1. The number of rotatable bonds is 9. The van der Waals surface area contributed by atoms with Gasteiger partial charge in [0.1, 0.15) is 17.9 Å². The third-order valence-electron chi connectivity index (χ3n) is 3.81. The number of carboxylic acid groups (broad SMARTS) is 1. The molecule has 2 rings (SSSR count). The van der Waals surface area contributed by atoms with Gasteiger partial charge in [-0.3, -0.25) is 4.79 Å². The van der Waals surface area contributed by atoms with Crippen molar-refractivity contribution in [3.63, 3.8) is 0 Å². The molecule has 0 spiro atoms. The van der Waals surface area contributed by atoms with Gasteiger partial charge in [0, 0.05) is 6.04 Å². The summed E-state index contributed by atoms with van der Waals surface area (Å²) >= 11 is 0. The number of nitrogens with zero attached hydrogens (tertiary/aromatic N) is 2. The van der Waals surface area contributed by atoms with Crippen LogP contribution in [-0.2, 0) is 22.3 Å². The van der Waals surface area contributed by atoms with Crippen LogP contribution in [0, 0.1) is 0 Å². The molecule has 0 unspecified atom stereocenters. The van der Waals surface area contributed by atoms with E-state index in [0.717, 1.165) is 10.9 Å². The van der Waals surface area contributed by atoms with Gasteiger partial charge < -0.3 is 19.9 Å². The number of carboxylic acids is 1. The first-order valence-corrected chi connectivity index (χ1v) is 8.48. The number of halogens is 3. The number of aromatic nitrogens is 2. The van der Waals surface area contributed by atoms with Crippen LogP contribution in [0.25, 0.3) is 0 Å². The van der Waals surface area contributed by atoms with Crippen molar-refractivity contribution in [1.82, 2.24) is 9.78 Å². The Kier molecular flexibility index (Phi) is 7.21. The van der Waals surface area contributed by atoms with E-state index in [1.165, 1.54) is 14.0 Å². The Bertz CT molecular complexity index is 897. The van der Waals surface area contributed by atoms with Crippen molar-refractivity contribution in [2.45, 2.75) is 25.7 Å². The van der Waals surface area contributed by atoms with Crippen molar-refractivity contribution in [2.24, 2.45) is 0 Å². The highest BCUT2D eigenvalue weighted by molar-refractivity contribution is 5.68. The first-order valence-electron chi connectivity index (χ1n) is 8.48. The zero-order valence-corrected chi connectivity index (χ0v) is 15.7. The molecule has 1 atom stereocenters. The monoisotopic (exact) mass is 415 g/mol. The minimum atomic E-state index is -4.91. The van der Waals surface area contributed by atoms with E-state index in [1.807, 2.05) is 0 Å². The molecule has 0 saturated heterocycles. The largest absolute Gasteiger partial charge is 0.497 e. The molecule has 0 radical (unpaired) electrons. The molecule has 158 valence electrons. The van der Waals surface area contributed by atoms with Gasteiger partial charge in [0.2, 0.25) is 0 Å². The van der Waals surface area contributed by atoms with E-state index in [4.69, 9.17) is 14.6 Å². The van der Waals surface area contributed by atoms with Gasteiger partial charge in [0.25, 0.3) is 5.56 Å². The van der Waals surface area contributed by atoms with E-state index in [9.17, 15) is 22.8 Å². The molecule has 0 amide bonds. The van der Waals surface area contributed by atoms with Crippen LogP contribution in [0.2, 0.25) is 0 Å². The van der Waals surface area contributed by atoms with Gasteiger partial charge in [-0.15, -0.1) is 0 Å². The van der Waals surface area contributed by atoms with Crippen LogP contribution in [-0.4, -0.2) is 47.2 Å². The fraction of sp³-hybridized carbons (Fsp3) is 0.389. The van der Waals surface area contributed by atoms with E-state index in [1.54, 1.807) is 24.3 Å². The number of aliphatic carboxylic acids is 1. The normalized spacial score (nSPS) is 12.4. The van der Waals surface area contributed by atoms with E-state index in [0.29, 0.717) is 11.3 Å². The summed E-state index contributed by atoms with van der Waals surface area (Å²) in [6.07, 6.45) is -3.99. The Morgan fingerprint density at radius 2 is 1.97 bits per heavy atom. The second kappa shape index (κ2) is 9.41. The lowest BCUT2D eigenvalue weighted by Gasteiger charge is -2.19. The van der Waals surface area contributed by atoms with Gasteiger partial charge in [0.05, 0.1) is 32.1 Å². The molecule has 0 saturated carbocycles. The number of hydrogen-bond acceptors (Lipinski definition) is 6. The van der Waals surface area contributed by atoms with Crippen LogP contribution in [0.1, 0.15) is 18.1 Å². The number of hydrogen-bond donors (Lipinski definition) is 2. The summed E-state index contributed by atoms with van der Waals surface area (Å²) in [6, 6.07) is 5.80. The Labute approximate surface area is 163 Å². The average Bonchev–Trinajstić information content (AvgIpc) is 2.63. The molecule has 8 nitrogen and oxygen atoms in total. The standard InChI is InChI=1S/C18H20F3N3O5/c1-11(9-29-10-15(25)26)23-14-7-22-24(17(27)16(14)18(19,20)21)8-12-3-5-13(28-2)6-4-12/h3-7,11,23H,8-10H2,1-2H3,(H,25,26)/t11-/m0/s1. The molecule has 0 aliphatic carbocycles. The van der Waals surface area contributed by atoms with E-state index < -0.39 is 41.6 Å². The Morgan fingerprint density at radius 1 is 1.31 bits per heavy atom. The third kappa shape index (κ3) is 6.21. The number of carbonyl (C=O) groups is 1. The van der Waals surface area contributed by atoms with Crippen LogP contribution >= 0.6 is 0 Å². The molecule has 2 aromatic rings. The molecule has 11 heteroatoms. The lowest BCUT2D eigenvalue weighted by Crippen LogP contribution is -2.34. The van der Waals surface area contributed by atoms with Crippen LogP contribution in [0.15, 0.2) is 35.3 Å². The van der Waals surface area contributed by atoms with E-state index in [2.05, 4.69) is 10.4 Å². The van der Waals surface area contributed by atoms with Gasteiger partial charge in [-0.2, -0.15) is 18.3 Å². The van der Waals surface area contributed by atoms with Gasteiger partial charge in [-0.25, -0.2) is 9.48 Å². The second-order valence-corrected chi connectivity index (χ2v) is 6.20. The summed E-state index contributed by atoms with van der Waals surface area (Å²) in [4.78, 5) is 22.9. The predicted molar refractivity (Wildman–Crippen MR) is 97.1 cm³/mol. The van der Waals surface area contributed by atoms with E-state index in [-0.39, 0.29) is 13.2 Å². The molecule has 1 aromatic carbocycles. The quantitative estimate of drug-likeness (QED) is 0.647. The Hall–Kier alpha value is -3.08. The molecule has 1 aromatic heterocycles. The van der Waals surface area contributed by atoms with Crippen molar-refractivity contribution in [3.05, 3.63) is 51.9 Å². The number of benzene rings is 1. The van der Waals surface area contributed by atoms with Gasteiger partial charge in [-0.1, -0.05) is 12.1 Å². The first-order chi connectivity index (χ1) is 13.6. The van der Waals surface area contributed by atoms with Crippen molar-refractivity contribution in [3.8, 4) is 5.75 Å². The van der Waals surface area contributed by atoms with Crippen LogP contribution in [0.5, 0.6) is 5.75 Å². The maximum absolute atomic E-state index is 13.5. The molecule has 29 heavy (non-hydrogen) atoms. The lowest BCUT2D eigenvalue weighted by molar-refractivity contribution is -0.142.